The van der Waals surface area contributed by atoms with Crippen molar-refractivity contribution in [3.63, 3.8) is 0 Å². The first-order valence-electron chi connectivity index (χ1n) is 13.7. The lowest BCUT2D eigenvalue weighted by Gasteiger charge is -2.45. The van der Waals surface area contributed by atoms with Gasteiger partial charge < -0.3 is 20.3 Å². The van der Waals surface area contributed by atoms with Gasteiger partial charge in [0.2, 0.25) is 0 Å². The van der Waals surface area contributed by atoms with Crippen LogP contribution in [0.4, 0.5) is 0 Å². The van der Waals surface area contributed by atoms with E-state index in [1.807, 2.05) is 53.7 Å². The number of carbonyl (C=O) groups is 2. The number of ether oxygens (including phenoxy) is 1. The average Bonchev–Trinajstić information content (AvgIpc) is 2.74. The molecule has 0 aromatic heterocycles. The smallest absolute Gasteiger partial charge is 0.324 e. The molecule has 1 heterocycles. The number of aliphatic carboxylic acids is 1. The van der Waals surface area contributed by atoms with Crippen LogP contribution in [0.1, 0.15) is 118 Å². The number of hydrogen-bond donors (Lipinski definition) is 3. The molecule has 7 nitrogen and oxygen atoms in total. The number of carbonyl (C=O) groups excluding carboxylic acids is 1. The number of nitrogens with zero attached hydrogens (tertiary/aromatic N) is 1. The van der Waals surface area contributed by atoms with Gasteiger partial charge in [-0.3, -0.25) is 9.59 Å². The molecule has 0 aliphatic carbocycles. The van der Waals surface area contributed by atoms with Gasteiger partial charge in [-0.15, -0.1) is 0 Å². The van der Waals surface area contributed by atoms with Crippen LogP contribution in [0.25, 0.3) is 0 Å². The third-order valence-corrected chi connectivity index (χ3v) is 7.93. The van der Waals surface area contributed by atoms with Crippen LogP contribution >= 0.6 is 0 Å². The zero-order valence-electron chi connectivity index (χ0n) is 25.0. The first-order chi connectivity index (χ1) is 17.2. The van der Waals surface area contributed by atoms with Crippen molar-refractivity contribution in [2.75, 3.05) is 0 Å². The highest BCUT2D eigenvalue weighted by Crippen LogP contribution is 2.43. The third kappa shape index (κ3) is 7.50. The summed E-state index contributed by atoms with van der Waals surface area (Å²) >= 11 is 0. The Morgan fingerprint density at radius 1 is 1.08 bits per heavy atom. The number of nitrogens with one attached hydrogen (secondary N) is 1. The first kappa shape index (κ1) is 31.6. The zero-order valence-corrected chi connectivity index (χ0v) is 25.0. The molecule has 1 fully saturated rings. The molecule has 212 valence electrons. The normalized spacial score (nSPS) is 19.3. The van der Waals surface area contributed by atoms with Crippen molar-refractivity contribution in [1.82, 2.24) is 5.32 Å². The summed E-state index contributed by atoms with van der Waals surface area (Å²) in [6, 6.07) is 5.64. The van der Waals surface area contributed by atoms with Crippen molar-refractivity contribution in [2.45, 2.75) is 136 Å². The van der Waals surface area contributed by atoms with E-state index in [-0.39, 0.29) is 47.6 Å². The molecule has 0 bridgehead atoms. The van der Waals surface area contributed by atoms with Gasteiger partial charge in [-0.2, -0.15) is 5.26 Å². The Kier molecular flexibility index (Phi) is 9.06. The van der Waals surface area contributed by atoms with E-state index >= 15 is 0 Å². The SMILES string of the molecule is CCC(C)(C)c1cc(CC(C#N)(CCC(=O)OC2CC(C)(C)NC(C)(C)C2)C(=O)O)cc(C(C)(C)C)c1O. The fourth-order valence-corrected chi connectivity index (χ4v) is 5.71. The Labute approximate surface area is 229 Å². The third-order valence-electron chi connectivity index (χ3n) is 7.93. The Bertz CT molecular complexity index is 1070. The molecule has 1 aliphatic rings. The molecule has 3 N–H and O–H groups in total. The van der Waals surface area contributed by atoms with Gasteiger partial charge in [-0.05, 0) is 62.5 Å². The summed E-state index contributed by atoms with van der Waals surface area (Å²) in [6.45, 7) is 20.3. The number of carboxylic acids is 1. The van der Waals surface area contributed by atoms with Gasteiger partial charge in [-0.1, -0.05) is 53.7 Å². The molecule has 38 heavy (non-hydrogen) atoms. The highest BCUT2D eigenvalue weighted by atomic mass is 16.5. The van der Waals surface area contributed by atoms with Crippen LogP contribution in [-0.2, 0) is 31.6 Å². The molecule has 2 rings (SSSR count). The zero-order chi connectivity index (χ0) is 29.3. The van der Waals surface area contributed by atoms with E-state index < -0.39 is 22.8 Å². The summed E-state index contributed by atoms with van der Waals surface area (Å²) in [5, 5.41) is 35.0. The van der Waals surface area contributed by atoms with Crippen molar-refractivity contribution >= 4 is 11.9 Å². The second kappa shape index (κ2) is 10.9. The number of phenols is 1. The second-order valence-corrected chi connectivity index (χ2v) is 14.1. The van der Waals surface area contributed by atoms with Crippen LogP contribution in [0.15, 0.2) is 12.1 Å². The van der Waals surface area contributed by atoms with Crippen molar-refractivity contribution < 1.29 is 24.5 Å². The molecule has 0 spiro atoms. The lowest BCUT2D eigenvalue weighted by Crippen LogP contribution is -2.59. The van der Waals surface area contributed by atoms with Crippen LogP contribution in [0.2, 0.25) is 0 Å². The van der Waals surface area contributed by atoms with Gasteiger partial charge in [0, 0.05) is 42.3 Å². The summed E-state index contributed by atoms with van der Waals surface area (Å²) in [6.07, 6.45) is 1.41. The summed E-state index contributed by atoms with van der Waals surface area (Å²) < 4.78 is 5.78. The summed E-state index contributed by atoms with van der Waals surface area (Å²) in [5.41, 5.74) is -0.838. The molecule has 1 aromatic carbocycles. The number of piperidine rings is 1. The Morgan fingerprint density at radius 2 is 1.61 bits per heavy atom. The molecule has 0 saturated carbocycles. The number of phenolic OH excluding ortho intramolecular Hbond substituents is 1. The second-order valence-electron chi connectivity index (χ2n) is 14.1. The number of rotatable bonds is 9. The highest BCUT2D eigenvalue weighted by molar-refractivity contribution is 5.80. The number of esters is 1. The number of carboxylic acid groups (broad SMARTS) is 1. The molecule has 7 heteroatoms. The van der Waals surface area contributed by atoms with Crippen molar-refractivity contribution in [3.8, 4) is 11.8 Å². The quantitative estimate of drug-likeness (QED) is 0.329. The van der Waals surface area contributed by atoms with E-state index in [1.165, 1.54) is 0 Å². The van der Waals surface area contributed by atoms with Crippen LogP contribution in [0.5, 0.6) is 5.75 Å². The van der Waals surface area contributed by atoms with Gasteiger partial charge in [0.05, 0.1) is 6.07 Å². The van der Waals surface area contributed by atoms with Crippen LogP contribution in [0, 0.1) is 16.7 Å². The van der Waals surface area contributed by atoms with Crippen LogP contribution in [0.3, 0.4) is 0 Å². The van der Waals surface area contributed by atoms with Gasteiger partial charge in [0.15, 0.2) is 5.41 Å². The summed E-state index contributed by atoms with van der Waals surface area (Å²) in [5.74, 6) is -1.54. The van der Waals surface area contributed by atoms with Crippen molar-refractivity contribution in [3.05, 3.63) is 28.8 Å². The average molecular weight is 529 g/mol. The maximum atomic E-state index is 12.8. The number of hydrogen-bond acceptors (Lipinski definition) is 6. The van der Waals surface area contributed by atoms with Gasteiger partial charge in [0.25, 0.3) is 0 Å². The van der Waals surface area contributed by atoms with E-state index in [4.69, 9.17) is 4.74 Å². The lowest BCUT2D eigenvalue weighted by molar-refractivity contribution is -0.154. The molecule has 1 aliphatic heterocycles. The maximum absolute atomic E-state index is 12.8. The van der Waals surface area contributed by atoms with E-state index in [9.17, 15) is 25.1 Å². The molecule has 1 aromatic rings. The molecule has 1 atom stereocenters. The Hall–Kier alpha value is -2.59. The minimum Gasteiger partial charge on any atom is -0.507 e. The number of benzene rings is 1. The topological polar surface area (TPSA) is 120 Å². The van der Waals surface area contributed by atoms with Gasteiger partial charge in [-0.25, -0.2) is 0 Å². The molecule has 1 unspecified atom stereocenters. The van der Waals surface area contributed by atoms with Crippen molar-refractivity contribution in [2.24, 2.45) is 5.41 Å². The lowest BCUT2D eigenvalue weighted by atomic mass is 9.73. The van der Waals surface area contributed by atoms with E-state index in [0.29, 0.717) is 24.0 Å². The summed E-state index contributed by atoms with van der Waals surface area (Å²) in [4.78, 5) is 25.3. The van der Waals surface area contributed by atoms with Gasteiger partial charge >= 0.3 is 11.9 Å². The summed E-state index contributed by atoms with van der Waals surface area (Å²) in [7, 11) is 0. The highest BCUT2D eigenvalue weighted by Gasteiger charge is 2.42. The minimum absolute atomic E-state index is 0.0737. The Balaban J connectivity index is 2.34. The Morgan fingerprint density at radius 3 is 2.05 bits per heavy atom. The van der Waals surface area contributed by atoms with E-state index in [2.05, 4.69) is 33.0 Å². The van der Waals surface area contributed by atoms with E-state index in [0.717, 1.165) is 12.0 Å². The predicted molar refractivity (Wildman–Crippen MR) is 149 cm³/mol. The number of nitriles is 1. The first-order valence-corrected chi connectivity index (χ1v) is 13.7. The molecule has 0 radical (unpaired) electrons. The van der Waals surface area contributed by atoms with Crippen LogP contribution < -0.4 is 5.32 Å². The standard InChI is InChI=1S/C31H48N2O5/c1-11-28(5,6)23-15-20(14-22(25(23)35)27(2,3)4)16-31(19-32,26(36)37)13-12-24(34)38-21-17-29(7,8)33-30(9,10)18-21/h14-15,21,33,35H,11-13,16-18H2,1-10H3,(H,36,37). The maximum Gasteiger partial charge on any atom is 0.324 e. The molecular weight excluding hydrogens is 480 g/mol. The monoisotopic (exact) mass is 528 g/mol. The van der Waals surface area contributed by atoms with Crippen LogP contribution in [-0.4, -0.2) is 39.3 Å². The molecular formula is C31H48N2O5. The fourth-order valence-electron chi connectivity index (χ4n) is 5.71. The molecule has 0 amide bonds. The predicted octanol–water partition coefficient (Wildman–Crippen LogP) is 6.15. The number of aromatic hydroxyl groups is 1. The van der Waals surface area contributed by atoms with Gasteiger partial charge in [0.1, 0.15) is 11.9 Å². The van der Waals surface area contributed by atoms with E-state index in [1.54, 1.807) is 6.07 Å². The fraction of sp³-hybridized carbons (Fsp3) is 0.710. The molecule has 1 saturated heterocycles. The largest absolute Gasteiger partial charge is 0.507 e. The van der Waals surface area contributed by atoms with Crippen molar-refractivity contribution in [1.29, 1.82) is 5.26 Å². The minimum atomic E-state index is -1.80.